The van der Waals surface area contributed by atoms with E-state index in [0.717, 1.165) is 6.42 Å². The molecule has 0 spiro atoms. The fourth-order valence-electron chi connectivity index (χ4n) is 2.54. The van der Waals surface area contributed by atoms with Crippen molar-refractivity contribution in [2.45, 2.75) is 91.1 Å². The first-order chi connectivity index (χ1) is 7.89. The van der Waals surface area contributed by atoms with Crippen LogP contribution >= 0.6 is 0 Å². The standard InChI is InChI=1S/C16H33N/c1-7-10-13-15(4,5)17-16(6,12-9-3)14-11-8-2/h11,14,17H,7-10,12-13H2,1-6H3. The summed E-state index contributed by atoms with van der Waals surface area (Å²) in [5.41, 5.74) is 0.389. The molecule has 0 aliphatic carbocycles. The van der Waals surface area contributed by atoms with E-state index in [1.54, 1.807) is 0 Å². The number of rotatable bonds is 9. The van der Waals surface area contributed by atoms with Crippen LogP contribution in [-0.2, 0) is 0 Å². The van der Waals surface area contributed by atoms with Crippen molar-refractivity contribution in [1.29, 1.82) is 0 Å². The van der Waals surface area contributed by atoms with Crippen molar-refractivity contribution in [3.05, 3.63) is 12.2 Å². The SMILES string of the molecule is CCC=CC(C)(CCC)NC(C)(C)CCCC. The molecule has 1 unspecified atom stereocenters. The second kappa shape index (κ2) is 7.92. The van der Waals surface area contributed by atoms with Gasteiger partial charge in [-0.1, -0.05) is 52.2 Å². The number of hydrogen-bond donors (Lipinski definition) is 1. The molecule has 0 fully saturated rings. The molecule has 0 saturated heterocycles. The van der Waals surface area contributed by atoms with Gasteiger partial charge in [0, 0.05) is 11.1 Å². The number of allylic oxidation sites excluding steroid dienone is 1. The minimum absolute atomic E-state index is 0.155. The smallest absolute Gasteiger partial charge is 0.0340 e. The highest BCUT2D eigenvalue weighted by molar-refractivity contribution is 5.06. The molecule has 1 heteroatoms. The predicted octanol–water partition coefficient (Wildman–Crippen LogP) is 5.07. The van der Waals surface area contributed by atoms with Crippen molar-refractivity contribution in [3.63, 3.8) is 0 Å². The summed E-state index contributed by atoms with van der Waals surface area (Å²) >= 11 is 0. The van der Waals surface area contributed by atoms with Gasteiger partial charge in [-0.25, -0.2) is 0 Å². The average Bonchev–Trinajstić information content (AvgIpc) is 2.23. The summed E-state index contributed by atoms with van der Waals surface area (Å²) in [4.78, 5) is 0. The zero-order valence-electron chi connectivity index (χ0n) is 12.9. The molecule has 0 amide bonds. The van der Waals surface area contributed by atoms with E-state index in [1.165, 1.54) is 32.1 Å². The first-order valence-electron chi connectivity index (χ1n) is 7.36. The van der Waals surface area contributed by atoms with Gasteiger partial charge in [-0.3, -0.25) is 0 Å². The van der Waals surface area contributed by atoms with E-state index in [0.29, 0.717) is 0 Å². The minimum Gasteiger partial charge on any atom is -0.303 e. The lowest BCUT2D eigenvalue weighted by Gasteiger charge is -2.38. The fraction of sp³-hybridized carbons (Fsp3) is 0.875. The van der Waals surface area contributed by atoms with Gasteiger partial charge >= 0.3 is 0 Å². The molecule has 0 heterocycles. The lowest BCUT2D eigenvalue weighted by Crippen LogP contribution is -2.52. The maximum Gasteiger partial charge on any atom is 0.0340 e. The monoisotopic (exact) mass is 239 g/mol. The van der Waals surface area contributed by atoms with Gasteiger partial charge in [0.2, 0.25) is 0 Å². The molecule has 1 atom stereocenters. The highest BCUT2D eigenvalue weighted by Gasteiger charge is 2.27. The Bertz CT molecular complexity index is 218. The van der Waals surface area contributed by atoms with Crippen LogP contribution in [0.1, 0.15) is 80.1 Å². The molecule has 0 aromatic rings. The van der Waals surface area contributed by atoms with Gasteiger partial charge in [-0.05, 0) is 40.0 Å². The van der Waals surface area contributed by atoms with E-state index in [2.05, 4.69) is 59.0 Å². The molecular formula is C16H33N. The topological polar surface area (TPSA) is 12.0 Å². The van der Waals surface area contributed by atoms with Crippen LogP contribution in [0.5, 0.6) is 0 Å². The van der Waals surface area contributed by atoms with Gasteiger partial charge < -0.3 is 5.32 Å². The van der Waals surface area contributed by atoms with E-state index < -0.39 is 0 Å². The average molecular weight is 239 g/mol. The van der Waals surface area contributed by atoms with Crippen molar-refractivity contribution in [3.8, 4) is 0 Å². The van der Waals surface area contributed by atoms with Crippen LogP contribution in [0.4, 0.5) is 0 Å². The zero-order valence-corrected chi connectivity index (χ0v) is 12.9. The Morgan fingerprint density at radius 1 is 0.941 bits per heavy atom. The summed E-state index contributed by atoms with van der Waals surface area (Å²) < 4.78 is 0. The molecule has 0 saturated carbocycles. The van der Waals surface area contributed by atoms with Crippen molar-refractivity contribution in [1.82, 2.24) is 5.32 Å². The number of unbranched alkanes of at least 4 members (excludes halogenated alkanes) is 1. The first kappa shape index (κ1) is 16.7. The molecule has 0 rings (SSSR count). The molecule has 102 valence electrons. The Hall–Kier alpha value is -0.300. The van der Waals surface area contributed by atoms with Crippen LogP contribution < -0.4 is 5.32 Å². The van der Waals surface area contributed by atoms with Crippen LogP contribution in [-0.4, -0.2) is 11.1 Å². The lowest BCUT2D eigenvalue weighted by atomic mass is 9.88. The van der Waals surface area contributed by atoms with Crippen molar-refractivity contribution in [2.75, 3.05) is 0 Å². The van der Waals surface area contributed by atoms with Gasteiger partial charge in [0.15, 0.2) is 0 Å². The second-order valence-electron chi connectivity index (χ2n) is 6.09. The lowest BCUT2D eigenvalue weighted by molar-refractivity contribution is 0.258. The van der Waals surface area contributed by atoms with Crippen LogP contribution in [0.15, 0.2) is 12.2 Å². The molecule has 0 aliphatic heterocycles. The van der Waals surface area contributed by atoms with E-state index in [-0.39, 0.29) is 11.1 Å². The quantitative estimate of drug-likeness (QED) is 0.554. The minimum atomic E-state index is 0.155. The normalized spacial score (nSPS) is 16.4. The Balaban J connectivity index is 4.55. The third-order valence-corrected chi connectivity index (χ3v) is 3.27. The molecular weight excluding hydrogens is 206 g/mol. The third-order valence-electron chi connectivity index (χ3n) is 3.27. The van der Waals surface area contributed by atoms with Crippen molar-refractivity contribution in [2.24, 2.45) is 0 Å². The Morgan fingerprint density at radius 3 is 2.06 bits per heavy atom. The van der Waals surface area contributed by atoms with Crippen LogP contribution in [0.3, 0.4) is 0 Å². The molecule has 17 heavy (non-hydrogen) atoms. The largest absolute Gasteiger partial charge is 0.303 e. The van der Waals surface area contributed by atoms with Crippen molar-refractivity contribution < 1.29 is 0 Å². The van der Waals surface area contributed by atoms with Crippen LogP contribution in [0, 0.1) is 0 Å². The maximum absolute atomic E-state index is 3.85. The van der Waals surface area contributed by atoms with E-state index in [1.807, 2.05) is 0 Å². The van der Waals surface area contributed by atoms with Crippen LogP contribution in [0.25, 0.3) is 0 Å². The van der Waals surface area contributed by atoms with E-state index in [9.17, 15) is 0 Å². The van der Waals surface area contributed by atoms with Gasteiger partial charge in [-0.2, -0.15) is 0 Å². The molecule has 0 aliphatic rings. The van der Waals surface area contributed by atoms with Gasteiger partial charge in [0.05, 0.1) is 0 Å². The second-order valence-corrected chi connectivity index (χ2v) is 6.09. The van der Waals surface area contributed by atoms with Crippen LogP contribution in [0.2, 0.25) is 0 Å². The third kappa shape index (κ3) is 7.59. The van der Waals surface area contributed by atoms with Gasteiger partial charge in [0.1, 0.15) is 0 Å². The number of hydrogen-bond acceptors (Lipinski definition) is 1. The van der Waals surface area contributed by atoms with Gasteiger partial charge in [-0.15, -0.1) is 0 Å². The molecule has 0 bridgehead atoms. The Labute approximate surface area is 109 Å². The summed E-state index contributed by atoms with van der Waals surface area (Å²) in [6.45, 7) is 13.7. The Morgan fingerprint density at radius 2 is 1.59 bits per heavy atom. The molecule has 0 aromatic carbocycles. The summed E-state index contributed by atoms with van der Waals surface area (Å²) in [5, 5.41) is 3.85. The summed E-state index contributed by atoms with van der Waals surface area (Å²) in [7, 11) is 0. The summed E-state index contributed by atoms with van der Waals surface area (Å²) in [6.07, 6.45) is 12.0. The predicted molar refractivity (Wildman–Crippen MR) is 79.5 cm³/mol. The van der Waals surface area contributed by atoms with E-state index >= 15 is 0 Å². The maximum atomic E-state index is 3.85. The first-order valence-corrected chi connectivity index (χ1v) is 7.36. The fourth-order valence-corrected chi connectivity index (χ4v) is 2.54. The molecule has 0 aromatic heterocycles. The Kier molecular flexibility index (Phi) is 7.78. The van der Waals surface area contributed by atoms with Crippen molar-refractivity contribution >= 4 is 0 Å². The van der Waals surface area contributed by atoms with Gasteiger partial charge in [0.25, 0.3) is 0 Å². The highest BCUT2D eigenvalue weighted by atomic mass is 15.0. The summed E-state index contributed by atoms with van der Waals surface area (Å²) in [6, 6.07) is 0. The zero-order chi connectivity index (χ0) is 13.4. The molecule has 1 N–H and O–H groups in total. The highest BCUT2D eigenvalue weighted by Crippen LogP contribution is 2.22. The molecule has 1 nitrogen and oxygen atoms in total. The summed E-state index contributed by atoms with van der Waals surface area (Å²) in [5.74, 6) is 0. The molecule has 0 radical (unpaired) electrons. The van der Waals surface area contributed by atoms with E-state index in [4.69, 9.17) is 0 Å². The number of nitrogens with one attached hydrogen (secondary N) is 1.